The summed E-state index contributed by atoms with van der Waals surface area (Å²) in [4.78, 5) is 35.6. The van der Waals surface area contributed by atoms with E-state index in [0.29, 0.717) is 18.6 Å². The molecule has 142 valence electrons. The van der Waals surface area contributed by atoms with Gasteiger partial charge in [-0.05, 0) is 49.9 Å². The van der Waals surface area contributed by atoms with Crippen molar-refractivity contribution in [2.45, 2.75) is 31.3 Å². The van der Waals surface area contributed by atoms with E-state index in [1.807, 2.05) is 6.07 Å². The highest BCUT2D eigenvalue weighted by atomic mass is 16.7. The molecule has 3 rings (SSSR count). The summed E-state index contributed by atoms with van der Waals surface area (Å²) in [5, 5.41) is 3.90. The van der Waals surface area contributed by atoms with E-state index in [4.69, 9.17) is 18.8 Å². The molecule has 0 spiro atoms. The maximum absolute atomic E-state index is 12.7. The minimum Gasteiger partial charge on any atom is -0.464 e. The molecule has 0 bridgehead atoms. The third-order valence-corrected chi connectivity index (χ3v) is 4.27. The second-order valence-corrected chi connectivity index (χ2v) is 6.05. The van der Waals surface area contributed by atoms with Gasteiger partial charge in [-0.3, -0.25) is 4.79 Å². The van der Waals surface area contributed by atoms with E-state index in [-0.39, 0.29) is 11.5 Å². The molecular formula is C19H20N2O6. The molecule has 1 aromatic heterocycles. The van der Waals surface area contributed by atoms with Crippen molar-refractivity contribution >= 4 is 17.6 Å². The van der Waals surface area contributed by atoms with Gasteiger partial charge in [0.1, 0.15) is 0 Å². The van der Waals surface area contributed by atoms with Crippen molar-refractivity contribution in [1.29, 1.82) is 0 Å². The van der Waals surface area contributed by atoms with Crippen molar-refractivity contribution in [2.75, 3.05) is 7.11 Å². The molecule has 8 nitrogen and oxygen atoms in total. The van der Waals surface area contributed by atoms with Crippen LogP contribution in [0, 0.1) is 0 Å². The first-order valence-electron chi connectivity index (χ1n) is 8.55. The van der Waals surface area contributed by atoms with Crippen LogP contribution in [-0.2, 0) is 19.2 Å². The van der Waals surface area contributed by atoms with E-state index in [1.54, 1.807) is 36.4 Å². The zero-order valence-electron chi connectivity index (χ0n) is 14.8. The van der Waals surface area contributed by atoms with Crippen LogP contribution in [0.15, 0.2) is 58.3 Å². The van der Waals surface area contributed by atoms with Gasteiger partial charge >= 0.3 is 5.97 Å². The van der Waals surface area contributed by atoms with Crippen molar-refractivity contribution in [3.05, 3.63) is 54.5 Å². The average molecular weight is 372 g/mol. The number of nitrogens with zero attached hydrogens (tertiary/aromatic N) is 1. The highest BCUT2D eigenvalue weighted by Crippen LogP contribution is 2.34. The van der Waals surface area contributed by atoms with Crippen LogP contribution in [0.25, 0.3) is 0 Å². The molecule has 1 N–H and O–H groups in total. The number of hydroxylamine groups is 1. The predicted octanol–water partition coefficient (Wildman–Crippen LogP) is 2.60. The molecule has 1 aromatic carbocycles. The summed E-state index contributed by atoms with van der Waals surface area (Å²) in [6.45, 7) is 0. The van der Waals surface area contributed by atoms with E-state index in [1.165, 1.54) is 13.4 Å². The average Bonchev–Trinajstić information content (AvgIpc) is 3.40. The van der Waals surface area contributed by atoms with Gasteiger partial charge in [-0.1, -0.05) is 23.4 Å². The normalized spacial score (nSPS) is 15.8. The lowest BCUT2D eigenvalue weighted by atomic mass is 10.0. The van der Waals surface area contributed by atoms with Gasteiger partial charge in [0.05, 0.1) is 13.4 Å². The number of furan rings is 1. The second-order valence-electron chi connectivity index (χ2n) is 6.05. The Labute approximate surface area is 156 Å². The minimum absolute atomic E-state index is 0.148. The number of amides is 1. The van der Waals surface area contributed by atoms with Crippen LogP contribution < -0.4 is 10.3 Å². The number of hydrogen-bond donors (Lipinski definition) is 1. The van der Waals surface area contributed by atoms with Gasteiger partial charge < -0.3 is 18.8 Å². The van der Waals surface area contributed by atoms with Crippen molar-refractivity contribution in [1.82, 2.24) is 5.48 Å². The molecule has 8 heteroatoms. The Morgan fingerprint density at radius 3 is 2.48 bits per heavy atom. The van der Waals surface area contributed by atoms with Gasteiger partial charge in [-0.25, -0.2) is 4.79 Å². The molecule has 0 saturated heterocycles. The van der Waals surface area contributed by atoms with Gasteiger partial charge in [-0.2, -0.15) is 5.48 Å². The Bertz CT molecular complexity index is 795. The van der Waals surface area contributed by atoms with Crippen molar-refractivity contribution < 1.29 is 28.4 Å². The SMILES string of the molecule is COC(=O)/C(=N\OC1(C(=O)NOc2ccccc2)CCCC1)c1ccco1. The zero-order valence-corrected chi connectivity index (χ0v) is 14.8. The van der Waals surface area contributed by atoms with E-state index in [2.05, 4.69) is 10.6 Å². The molecule has 0 atom stereocenters. The lowest BCUT2D eigenvalue weighted by molar-refractivity contribution is -0.154. The molecular weight excluding hydrogens is 352 g/mol. The molecule has 1 saturated carbocycles. The number of esters is 1. The number of oxime groups is 1. The smallest absolute Gasteiger partial charge is 0.364 e. The number of nitrogens with one attached hydrogen (secondary N) is 1. The number of ether oxygens (including phenoxy) is 1. The van der Waals surface area contributed by atoms with Crippen molar-refractivity contribution in [2.24, 2.45) is 5.16 Å². The fourth-order valence-electron chi connectivity index (χ4n) is 2.82. The zero-order chi connectivity index (χ0) is 19.1. The van der Waals surface area contributed by atoms with Crippen LogP contribution in [0.1, 0.15) is 31.4 Å². The number of hydrogen-bond acceptors (Lipinski definition) is 7. The molecule has 0 unspecified atom stereocenters. The fourth-order valence-corrected chi connectivity index (χ4v) is 2.82. The molecule has 27 heavy (non-hydrogen) atoms. The minimum atomic E-state index is -1.22. The molecule has 1 aliphatic carbocycles. The number of carbonyl (C=O) groups is 2. The van der Waals surface area contributed by atoms with Crippen LogP contribution in [0.3, 0.4) is 0 Å². The third kappa shape index (κ3) is 4.28. The van der Waals surface area contributed by atoms with E-state index in [0.717, 1.165) is 12.8 Å². The third-order valence-electron chi connectivity index (χ3n) is 4.27. The molecule has 1 aliphatic rings. The monoisotopic (exact) mass is 372 g/mol. The van der Waals surface area contributed by atoms with Gasteiger partial charge in [0.2, 0.25) is 11.3 Å². The Balaban J connectivity index is 1.75. The first kappa shape index (κ1) is 18.5. The second kappa shape index (κ2) is 8.39. The number of rotatable bonds is 7. The summed E-state index contributed by atoms with van der Waals surface area (Å²) in [5.41, 5.74) is 1.04. The van der Waals surface area contributed by atoms with Crippen molar-refractivity contribution in [3.8, 4) is 5.75 Å². The first-order chi connectivity index (χ1) is 13.1. The summed E-state index contributed by atoms with van der Waals surface area (Å²) >= 11 is 0. The highest BCUT2D eigenvalue weighted by Gasteiger charge is 2.45. The highest BCUT2D eigenvalue weighted by molar-refractivity contribution is 6.42. The van der Waals surface area contributed by atoms with E-state index < -0.39 is 17.5 Å². The van der Waals surface area contributed by atoms with E-state index >= 15 is 0 Å². The van der Waals surface area contributed by atoms with Crippen LogP contribution >= 0.6 is 0 Å². The van der Waals surface area contributed by atoms with Crippen molar-refractivity contribution in [3.63, 3.8) is 0 Å². The lowest BCUT2D eigenvalue weighted by Crippen LogP contribution is -2.47. The van der Waals surface area contributed by atoms with Gasteiger partial charge in [0, 0.05) is 0 Å². The quantitative estimate of drug-likeness (QED) is 0.456. The molecule has 0 aliphatic heterocycles. The summed E-state index contributed by atoms with van der Waals surface area (Å²) in [6, 6.07) is 12.0. The van der Waals surface area contributed by atoms with E-state index in [9.17, 15) is 9.59 Å². The molecule has 1 heterocycles. The fraction of sp³-hybridized carbons (Fsp3) is 0.316. The van der Waals surface area contributed by atoms with Crippen LogP contribution in [0.5, 0.6) is 5.75 Å². The topological polar surface area (TPSA) is 99.4 Å². The van der Waals surface area contributed by atoms with Gasteiger partial charge in [0.25, 0.3) is 5.91 Å². The predicted molar refractivity (Wildman–Crippen MR) is 94.8 cm³/mol. The first-order valence-corrected chi connectivity index (χ1v) is 8.55. The molecule has 0 radical (unpaired) electrons. The summed E-state index contributed by atoms with van der Waals surface area (Å²) in [6.07, 6.45) is 3.89. The van der Waals surface area contributed by atoms with Crippen LogP contribution in [0.2, 0.25) is 0 Å². The Kier molecular flexibility index (Phi) is 5.75. The summed E-state index contributed by atoms with van der Waals surface area (Å²) < 4.78 is 9.91. The standard InChI is InChI=1S/C19H20N2O6/c1-24-17(22)16(15-10-7-13-25-15)20-27-19(11-5-6-12-19)18(23)21-26-14-8-3-2-4-9-14/h2-4,7-10,13H,5-6,11-12H2,1H3,(H,21,23)/b20-16-. The molecule has 2 aromatic rings. The summed E-state index contributed by atoms with van der Waals surface area (Å²) in [7, 11) is 1.23. The largest absolute Gasteiger partial charge is 0.464 e. The maximum atomic E-state index is 12.7. The van der Waals surface area contributed by atoms with Gasteiger partial charge in [0.15, 0.2) is 11.5 Å². The summed E-state index contributed by atoms with van der Waals surface area (Å²) in [5.74, 6) is -0.500. The van der Waals surface area contributed by atoms with Gasteiger partial charge in [-0.15, -0.1) is 0 Å². The number of methoxy groups -OCH3 is 1. The number of para-hydroxylation sites is 1. The Morgan fingerprint density at radius 1 is 1.11 bits per heavy atom. The Hall–Kier alpha value is -3.29. The number of carbonyl (C=O) groups excluding carboxylic acids is 2. The Morgan fingerprint density at radius 2 is 1.85 bits per heavy atom. The van der Waals surface area contributed by atoms with Crippen LogP contribution in [-0.4, -0.2) is 30.3 Å². The molecule has 1 fully saturated rings. The maximum Gasteiger partial charge on any atom is 0.364 e. The molecule has 1 amide bonds. The lowest BCUT2D eigenvalue weighted by Gasteiger charge is -2.25. The van der Waals surface area contributed by atoms with Crippen LogP contribution in [0.4, 0.5) is 0 Å². The number of benzene rings is 1.